The van der Waals surface area contributed by atoms with E-state index in [1.807, 2.05) is 0 Å². The molecule has 1 aromatic heterocycles. The molecule has 0 aliphatic carbocycles. The number of sulfone groups is 1. The highest BCUT2D eigenvalue weighted by Crippen LogP contribution is 2.36. The second kappa shape index (κ2) is 6.34. The van der Waals surface area contributed by atoms with E-state index in [1.165, 1.54) is 17.0 Å². The first-order valence-corrected chi connectivity index (χ1v) is 9.16. The molecule has 3 rings (SSSR count). The number of likely N-dealkylation sites (tertiary alicyclic amines) is 1. The Balaban J connectivity index is 1.87. The van der Waals surface area contributed by atoms with E-state index in [-0.39, 0.29) is 24.4 Å². The van der Waals surface area contributed by atoms with Gasteiger partial charge in [-0.25, -0.2) is 17.2 Å². The van der Waals surface area contributed by atoms with Gasteiger partial charge in [0.2, 0.25) is 9.84 Å². The van der Waals surface area contributed by atoms with Gasteiger partial charge in [-0.3, -0.25) is 4.90 Å². The van der Waals surface area contributed by atoms with E-state index in [4.69, 9.17) is 0 Å². The Hall–Kier alpha value is -1.94. The highest BCUT2D eigenvalue weighted by Gasteiger charge is 2.39. The number of hydrogen-bond acceptors (Lipinski definition) is 3. The van der Waals surface area contributed by atoms with Crippen LogP contribution in [0.1, 0.15) is 17.7 Å². The van der Waals surface area contributed by atoms with Gasteiger partial charge in [0, 0.05) is 31.4 Å². The van der Waals surface area contributed by atoms with Gasteiger partial charge in [-0.1, -0.05) is 12.1 Å². The minimum atomic E-state index is -4.82. The zero-order chi connectivity index (χ0) is 19.2. The third-order valence-electron chi connectivity index (χ3n) is 4.15. The van der Waals surface area contributed by atoms with Crippen molar-refractivity contribution in [2.75, 3.05) is 13.1 Å². The highest BCUT2D eigenvalue weighted by atomic mass is 32.2. The molecule has 0 spiro atoms. The molecule has 0 atom stereocenters. The van der Waals surface area contributed by atoms with Gasteiger partial charge >= 0.3 is 6.18 Å². The molecule has 1 saturated heterocycles. The first-order valence-electron chi connectivity index (χ1n) is 7.68. The third-order valence-corrected chi connectivity index (χ3v) is 5.94. The van der Waals surface area contributed by atoms with Crippen LogP contribution in [0.15, 0.2) is 46.3 Å². The Labute approximate surface area is 146 Å². The highest BCUT2D eigenvalue weighted by molar-refractivity contribution is 7.91. The number of nitrogens with one attached hydrogen (secondary N) is 1. The van der Waals surface area contributed by atoms with Crippen molar-refractivity contribution in [1.29, 1.82) is 0 Å². The lowest BCUT2D eigenvalue weighted by Gasteiger charge is -2.14. The molecular weight excluding hydrogens is 379 g/mol. The van der Waals surface area contributed by atoms with E-state index in [1.54, 1.807) is 0 Å². The summed E-state index contributed by atoms with van der Waals surface area (Å²) in [6.45, 7) is -0.220. The quantitative estimate of drug-likeness (QED) is 0.805. The van der Waals surface area contributed by atoms with E-state index in [0.717, 1.165) is 18.3 Å². The van der Waals surface area contributed by atoms with Crippen LogP contribution in [-0.4, -0.2) is 37.3 Å². The molecule has 1 aliphatic rings. The molecule has 26 heavy (non-hydrogen) atoms. The van der Waals surface area contributed by atoms with Gasteiger partial charge in [-0.2, -0.15) is 13.2 Å². The fourth-order valence-electron chi connectivity index (χ4n) is 2.91. The maximum Gasteiger partial charge on any atom is 0.417 e. The van der Waals surface area contributed by atoms with Gasteiger partial charge in [0.15, 0.2) is 0 Å². The van der Waals surface area contributed by atoms with E-state index in [0.29, 0.717) is 11.8 Å². The molecule has 0 bridgehead atoms. The van der Waals surface area contributed by atoms with Crippen molar-refractivity contribution in [1.82, 2.24) is 9.88 Å². The lowest BCUT2D eigenvalue weighted by Crippen LogP contribution is -2.24. The molecule has 1 aromatic carbocycles. The number of aromatic nitrogens is 1. The van der Waals surface area contributed by atoms with E-state index < -0.39 is 38.9 Å². The SMILES string of the molecule is O=S(=O)(c1c[nH]c(CN2CCC(F)(F)C2)c1)c1ccccc1C(F)(F)F. The van der Waals surface area contributed by atoms with Crippen molar-refractivity contribution in [3.63, 3.8) is 0 Å². The molecule has 2 heterocycles. The average molecular weight is 394 g/mol. The van der Waals surface area contributed by atoms with Gasteiger partial charge in [0.25, 0.3) is 5.92 Å². The Kier molecular flexibility index (Phi) is 4.60. The van der Waals surface area contributed by atoms with Crippen molar-refractivity contribution >= 4 is 9.84 Å². The Bertz CT molecular complexity index is 905. The largest absolute Gasteiger partial charge is 0.417 e. The van der Waals surface area contributed by atoms with Crippen molar-refractivity contribution in [2.24, 2.45) is 0 Å². The maximum absolute atomic E-state index is 13.2. The van der Waals surface area contributed by atoms with Crippen LogP contribution in [0.5, 0.6) is 0 Å². The van der Waals surface area contributed by atoms with E-state index in [2.05, 4.69) is 4.98 Å². The van der Waals surface area contributed by atoms with Gasteiger partial charge in [-0.05, 0) is 18.2 Å². The van der Waals surface area contributed by atoms with Crippen LogP contribution in [0.3, 0.4) is 0 Å². The molecule has 4 nitrogen and oxygen atoms in total. The summed E-state index contributed by atoms with van der Waals surface area (Å²) in [5.41, 5.74) is -0.910. The predicted octanol–water partition coefficient (Wildman–Crippen LogP) is 3.71. The van der Waals surface area contributed by atoms with Crippen molar-refractivity contribution < 1.29 is 30.4 Å². The summed E-state index contributed by atoms with van der Waals surface area (Å²) in [6, 6.07) is 5.09. The molecular formula is C16H15F5N2O2S. The first kappa shape index (κ1) is 18.8. The van der Waals surface area contributed by atoms with Crippen molar-refractivity contribution in [3.8, 4) is 0 Å². The normalized spacial score (nSPS) is 18.3. The molecule has 1 fully saturated rings. The fourth-order valence-corrected chi connectivity index (χ4v) is 4.41. The number of nitrogens with zero attached hydrogens (tertiary/aromatic N) is 1. The van der Waals surface area contributed by atoms with Crippen LogP contribution in [0.25, 0.3) is 0 Å². The summed E-state index contributed by atoms with van der Waals surface area (Å²) in [6.07, 6.45) is -4.02. The van der Waals surface area contributed by atoms with Crippen molar-refractivity contribution in [2.45, 2.75) is 34.9 Å². The summed E-state index contributed by atoms with van der Waals surface area (Å²) < 4.78 is 90.9. The number of alkyl halides is 5. The molecule has 0 amide bonds. The smallest absolute Gasteiger partial charge is 0.363 e. The Morgan fingerprint density at radius 1 is 1.19 bits per heavy atom. The monoisotopic (exact) mass is 394 g/mol. The number of H-pyrrole nitrogens is 1. The second-order valence-corrected chi connectivity index (χ2v) is 8.09. The first-order chi connectivity index (χ1) is 12.0. The molecule has 142 valence electrons. The number of halogens is 5. The molecule has 1 aliphatic heterocycles. The summed E-state index contributed by atoms with van der Waals surface area (Å²) in [5, 5.41) is 0. The zero-order valence-corrected chi connectivity index (χ0v) is 14.2. The lowest BCUT2D eigenvalue weighted by molar-refractivity contribution is -0.139. The van der Waals surface area contributed by atoms with Crippen molar-refractivity contribution in [3.05, 3.63) is 47.8 Å². The summed E-state index contributed by atoms with van der Waals surface area (Å²) in [4.78, 5) is 2.92. The summed E-state index contributed by atoms with van der Waals surface area (Å²) in [7, 11) is -4.41. The minimum absolute atomic E-state index is 0.0615. The van der Waals surface area contributed by atoms with Crippen LogP contribution in [0.4, 0.5) is 22.0 Å². The van der Waals surface area contributed by atoms with Gasteiger partial charge < -0.3 is 4.98 Å². The fraction of sp³-hybridized carbons (Fsp3) is 0.375. The minimum Gasteiger partial charge on any atom is -0.363 e. The van der Waals surface area contributed by atoms with Crippen LogP contribution in [-0.2, 0) is 22.6 Å². The number of hydrogen-bond donors (Lipinski definition) is 1. The van der Waals surface area contributed by atoms with Crippen LogP contribution in [0, 0.1) is 0 Å². The van der Waals surface area contributed by atoms with Gasteiger partial charge in [0.1, 0.15) is 0 Å². The molecule has 2 aromatic rings. The zero-order valence-electron chi connectivity index (χ0n) is 13.4. The lowest BCUT2D eigenvalue weighted by atomic mass is 10.2. The number of aromatic amines is 1. The van der Waals surface area contributed by atoms with E-state index >= 15 is 0 Å². The Morgan fingerprint density at radius 3 is 2.50 bits per heavy atom. The number of rotatable bonds is 4. The van der Waals surface area contributed by atoms with Gasteiger partial charge in [0.05, 0.1) is 21.9 Å². The van der Waals surface area contributed by atoms with Crippen LogP contribution in [0.2, 0.25) is 0 Å². The topological polar surface area (TPSA) is 53.2 Å². The molecule has 0 unspecified atom stereocenters. The average Bonchev–Trinajstić information content (AvgIpc) is 3.13. The second-order valence-electron chi connectivity index (χ2n) is 6.17. The molecule has 10 heteroatoms. The van der Waals surface area contributed by atoms with Gasteiger partial charge in [-0.15, -0.1) is 0 Å². The molecule has 0 saturated carbocycles. The predicted molar refractivity (Wildman–Crippen MR) is 82.5 cm³/mol. The Morgan fingerprint density at radius 2 is 1.88 bits per heavy atom. The summed E-state index contributed by atoms with van der Waals surface area (Å²) in [5.74, 6) is -2.78. The summed E-state index contributed by atoms with van der Waals surface area (Å²) >= 11 is 0. The molecule has 1 N–H and O–H groups in total. The maximum atomic E-state index is 13.2. The molecule has 0 radical (unpaired) electrons. The third kappa shape index (κ3) is 3.75. The van der Waals surface area contributed by atoms with Crippen LogP contribution >= 0.6 is 0 Å². The standard InChI is InChI=1S/C16H15F5N2O2S/c17-15(18)5-6-23(10-15)9-11-7-12(8-22-11)26(24,25)14-4-2-1-3-13(14)16(19,20)21/h1-4,7-8,22H,5-6,9-10H2. The number of benzene rings is 1. The van der Waals surface area contributed by atoms with Crippen LogP contribution < -0.4 is 0 Å². The van der Waals surface area contributed by atoms with E-state index in [9.17, 15) is 30.4 Å².